The normalized spacial score (nSPS) is 24.8. The van der Waals surface area contributed by atoms with Gasteiger partial charge >= 0.3 is 0 Å². The van der Waals surface area contributed by atoms with Crippen molar-refractivity contribution in [2.75, 3.05) is 30.4 Å². The minimum absolute atomic E-state index is 0.175. The molecule has 0 aromatic carbocycles. The van der Waals surface area contributed by atoms with Crippen molar-refractivity contribution in [1.82, 2.24) is 9.97 Å². The Bertz CT molecular complexity index is 377. The van der Waals surface area contributed by atoms with Gasteiger partial charge in [0, 0.05) is 30.7 Å². The summed E-state index contributed by atoms with van der Waals surface area (Å²) in [5.74, 6) is 1.29. The standard InChI is InChI=1S/C11H16BrN3O2/c1-8-6-15(7-9(5-12)17-8)11-13-4-3-10(14-11)16-2/h3-4,8-9H,5-7H2,1-2H3. The van der Waals surface area contributed by atoms with Crippen molar-refractivity contribution in [2.24, 2.45) is 0 Å². The van der Waals surface area contributed by atoms with Gasteiger partial charge in [-0.05, 0) is 6.92 Å². The lowest BCUT2D eigenvalue weighted by Crippen LogP contribution is -2.48. The number of morpholine rings is 1. The highest BCUT2D eigenvalue weighted by Crippen LogP contribution is 2.19. The van der Waals surface area contributed by atoms with Crippen LogP contribution in [0.2, 0.25) is 0 Å². The van der Waals surface area contributed by atoms with Crippen molar-refractivity contribution < 1.29 is 9.47 Å². The van der Waals surface area contributed by atoms with Gasteiger partial charge in [-0.1, -0.05) is 15.9 Å². The smallest absolute Gasteiger partial charge is 0.228 e. The molecule has 1 aliphatic rings. The Morgan fingerprint density at radius 1 is 1.59 bits per heavy atom. The average molecular weight is 302 g/mol. The van der Waals surface area contributed by atoms with Crippen LogP contribution < -0.4 is 9.64 Å². The van der Waals surface area contributed by atoms with E-state index < -0.39 is 0 Å². The minimum atomic E-state index is 0.175. The minimum Gasteiger partial charge on any atom is -0.481 e. The first-order valence-electron chi connectivity index (χ1n) is 5.56. The van der Waals surface area contributed by atoms with Crippen molar-refractivity contribution in [2.45, 2.75) is 19.1 Å². The van der Waals surface area contributed by atoms with Crippen LogP contribution in [0.1, 0.15) is 6.92 Å². The second-order valence-electron chi connectivity index (χ2n) is 4.03. The third-order valence-electron chi connectivity index (χ3n) is 2.61. The molecule has 6 heteroatoms. The summed E-state index contributed by atoms with van der Waals surface area (Å²) in [5.41, 5.74) is 0. The second-order valence-corrected chi connectivity index (χ2v) is 4.67. The largest absolute Gasteiger partial charge is 0.481 e. The first-order chi connectivity index (χ1) is 8.22. The number of nitrogens with zero attached hydrogens (tertiary/aromatic N) is 3. The molecular weight excluding hydrogens is 286 g/mol. The molecule has 1 saturated heterocycles. The van der Waals surface area contributed by atoms with E-state index in [1.54, 1.807) is 19.4 Å². The van der Waals surface area contributed by atoms with Crippen molar-refractivity contribution in [3.63, 3.8) is 0 Å². The fraction of sp³-hybridized carbons (Fsp3) is 0.636. The van der Waals surface area contributed by atoms with E-state index in [4.69, 9.17) is 9.47 Å². The highest BCUT2D eigenvalue weighted by molar-refractivity contribution is 9.09. The summed E-state index contributed by atoms with van der Waals surface area (Å²) in [5, 5.41) is 0.817. The average Bonchev–Trinajstić information content (AvgIpc) is 2.38. The fourth-order valence-corrected chi connectivity index (χ4v) is 2.25. The first-order valence-corrected chi connectivity index (χ1v) is 6.68. The zero-order valence-electron chi connectivity index (χ0n) is 9.97. The van der Waals surface area contributed by atoms with Gasteiger partial charge in [-0.3, -0.25) is 0 Å². The lowest BCUT2D eigenvalue weighted by atomic mass is 10.2. The maximum absolute atomic E-state index is 5.77. The monoisotopic (exact) mass is 301 g/mol. The van der Waals surface area contributed by atoms with E-state index in [2.05, 4.69) is 37.7 Å². The topological polar surface area (TPSA) is 47.5 Å². The molecule has 1 aromatic rings. The molecule has 2 rings (SSSR count). The van der Waals surface area contributed by atoms with Crippen LogP contribution in [0.5, 0.6) is 5.88 Å². The lowest BCUT2D eigenvalue weighted by Gasteiger charge is -2.36. The Hall–Kier alpha value is -0.880. The van der Waals surface area contributed by atoms with Gasteiger partial charge in [0.2, 0.25) is 11.8 Å². The van der Waals surface area contributed by atoms with Gasteiger partial charge in [0.1, 0.15) is 0 Å². The van der Waals surface area contributed by atoms with Crippen LogP contribution in [-0.2, 0) is 4.74 Å². The van der Waals surface area contributed by atoms with Crippen molar-refractivity contribution >= 4 is 21.9 Å². The van der Waals surface area contributed by atoms with Crippen LogP contribution in [0, 0.1) is 0 Å². The molecule has 17 heavy (non-hydrogen) atoms. The van der Waals surface area contributed by atoms with E-state index in [9.17, 15) is 0 Å². The highest BCUT2D eigenvalue weighted by Gasteiger charge is 2.26. The van der Waals surface area contributed by atoms with Gasteiger partial charge in [0.15, 0.2) is 0 Å². The Kier molecular flexibility index (Phi) is 4.17. The quantitative estimate of drug-likeness (QED) is 0.791. The summed E-state index contributed by atoms with van der Waals surface area (Å²) in [6.07, 6.45) is 2.07. The summed E-state index contributed by atoms with van der Waals surface area (Å²) in [4.78, 5) is 10.7. The third kappa shape index (κ3) is 3.07. The number of hydrogen-bond acceptors (Lipinski definition) is 5. The highest BCUT2D eigenvalue weighted by atomic mass is 79.9. The van der Waals surface area contributed by atoms with E-state index >= 15 is 0 Å². The molecular formula is C11H16BrN3O2. The predicted octanol–water partition coefficient (Wildman–Crippen LogP) is 1.47. The number of halogens is 1. The van der Waals surface area contributed by atoms with Crippen LogP contribution in [0.3, 0.4) is 0 Å². The van der Waals surface area contributed by atoms with Gasteiger partial charge in [-0.15, -0.1) is 0 Å². The van der Waals surface area contributed by atoms with Crippen LogP contribution >= 0.6 is 15.9 Å². The maximum Gasteiger partial charge on any atom is 0.228 e. The molecule has 0 spiro atoms. The number of ether oxygens (including phenoxy) is 2. The molecule has 2 heterocycles. The van der Waals surface area contributed by atoms with Crippen molar-refractivity contribution in [3.8, 4) is 5.88 Å². The summed E-state index contributed by atoms with van der Waals surface area (Å²) >= 11 is 3.45. The Labute approximate surface area is 109 Å². The molecule has 0 bridgehead atoms. The van der Waals surface area contributed by atoms with Crippen LogP contribution in [0.4, 0.5) is 5.95 Å². The molecule has 0 radical (unpaired) electrons. The Morgan fingerprint density at radius 3 is 3.12 bits per heavy atom. The van der Waals surface area contributed by atoms with Gasteiger partial charge in [-0.25, -0.2) is 4.98 Å². The van der Waals surface area contributed by atoms with Gasteiger partial charge in [0.25, 0.3) is 0 Å². The van der Waals surface area contributed by atoms with Gasteiger partial charge < -0.3 is 14.4 Å². The van der Waals surface area contributed by atoms with E-state index in [1.165, 1.54) is 0 Å². The van der Waals surface area contributed by atoms with Crippen LogP contribution in [0.25, 0.3) is 0 Å². The number of anilines is 1. The summed E-state index contributed by atoms with van der Waals surface area (Å²) in [6.45, 7) is 3.65. The molecule has 5 nitrogen and oxygen atoms in total. The predicted molar refractivity (Wildman–Crippen MR) is 68.9 cm³/mol. The van der Waals surface area contributed by atoms with Crippen molar-refractivity contribution in [1.29, 1.82) is 0 Å². The molecule has 94 valence electrons. The summed E-state index contributed by atoms with van der Waals surface area (Å²) < 4.78 is 10.9. The summed E-state index contributed by atoms with van der Waals surface area (Å²) in [6, 6.07) is 1.75. The van der Waals surface area contributed by atoms with Gasteiger partial charge in [0.05, 0.1) is 19.3 Å². The molecule has 0 amide bonds. The molecule has 2 atom stereocenters. The van der Waals surface area contributed by atoms with Crippen molar-refractivity contribution in [3.05, 3.63) is 12.3 Å². The number of hydrogen-bond donors (Lipinski definition) is 0. The summed E-state index contributed by atoms with van der Waals surface area (Å²) in [7, 11) is 1.61. The van der Waals surface area contributed by atoms with E-state index in [-0.39, 0.29) is 12.2 Å². The maximum atomic E-state index is 5.77. The van der Waals surface area contributed by atoms with Gasteiger partial charge in [-0.2, -0.15) is 4.98 Å². The fourth-order valence-electron chi connectivity index (χ4n) is 1.89. The zero-order valence-corrected chi connectivity index (χ0v) is 11.6. The molecule has 0 aliphatic carbocycles. The molecule has 2 unspecified atom stereocenters. The molecule has 1 aliphatic heterocycles. The van der Waals surface area contributed by atoms with E-state index in [0.29, 0.717) is 11.8 Å². The first kappa shape index (κ1) is 12.6. The number of rotatable bonds is 3. The SMILES string of the molecule is COc1ccnc(N2CC(C)OC(CBr)C2)n1. The Balaban J connectivity index is 2.14. The van der Waals surface area contributed by atoms with Crippen LogP contribution in [-0.4, -0.2) is 47.7 Å². The third-order valence-corrected chi connectivity index (χ3v) is 3.33. The molecule has 0 saturated carbocycles. The zero-order chi connectivity index (χ0) is 12.3. The molecule has 1 aromatic heterocycles. The molecule has 0 N–H and O–H groups in total. The second kappa shape index (κ2) is 5.64. The lowest BCUT2D eigenvalue weighted by molar-refractivity contribution is -0.00252. The number of aromatic nitrogens is 2. The number of methoxy groups -OCH3 is 1. The molecule has 1 fully saturated rings. The van der Waals surface area contributed by atoms with Crippen LogP contribution in [0.15, 0.2) is 12.3 Å². The van der Waals surface area contributed by atoms with E-state index in [1.807, 2.05) is 0 Å². The van der Waals surface area contributed by atoms with E-state index in [0.717, 1.165) is 18.4 Å². The Morgan fingerprint density at radius 2 is 2.41 bits per heavy atom. The number of alkyl halides is 1.